The lowest BCUT2D eigenvalue weighted by Gasteiger charge is -2.22. The third kappa shape index (κ3) is 4.63. The first-order valence-corrected chi connectivity index (χ1v) is 8.63. The molecule has 1 aromatic heterocycles. The Hall–Kier alpha value is -2.23. The fourth-order valence-electron chi connectivity index (χ4n) is 2.09. The van der Waals surface area contributed by atoms with Crippen molar-refractivity contribution in [1.82, 2.24) is 0 Å². The van der Waals surface area contributed by atoms with E-state index in [0.29, 0.717) is 22.3 Å². The molecule has 1 aromatic carbocycles. The SMILES string of the molecule is Cc1cc(N(CCC#N)C(=O)CSc2cccc[n+]2[O-])ccc1Cl. The molecule has 0 fully saturated rings. The molecule has 1 amide bonds. The van der Waals surface area contributed by atoms with Crippen LogP contribution in [0, 0.1) is 23.5 Å². The molecule has 0 saturated carbocycles. The van der Waals surface area contributed by atoms with Crippen molar-refractivity contribution in [3.8, 4) is 6.07 Å². The molecule has 0 bridgehead atoms. The second-order valence-electron chi connectivity index (χ2n) is 5.04. The van der Waals surface area contributed by atoms with Crippen LogP contribution in [0.3, 0.4) is 0 Å². The zero-order valence-corrected chi connectivity index (χ0v) is 14.7. The van der Waals surface area contributed by atoms with Gasteiger partial charge in [-0.25, -0.2) is 0 Å². The van der Waals surface area contributed by atoms with Crippen molar-refractivity contribution >= 4 is 35.0 Å². The second-order valence-corrected chi connectivity index (χ2v) is 6.44. The van der Waals surface area contributed by atoms with Gasteiger partial charge in [0, 0.05) is 29.4 Å². The number of hydrogen-bond acceptors (Lipinski definition) is 4. The molecule has 0 atom stereocenters. The molecule has 0 radical (unpaired) electrons. The Labute approximate surface area is 150 Å². The minimum absolute atomic E-state index is 0.110. The van der Waals surface area contributed by atoms with Crippen molar-refractivity contribution in [1.29, 1.82) is 5.26 Å². The number of pyridine rings is 1. The van der Waals surface area contributed by atoms with Crippen LogP contribution in [0.5, 0.6) is 0 Å². The summed E-state index contributed by atoms with van der Waals surface area (Å²) in [6.07, 6.45) is 1.62. The van der Waals surface area contributed by atoms with Crippen molar-refractivity contribution in [2.24, 2.45) is 0 Å². The molecule has 0 aliphatic rings. The van der Waals surface area contributed by atoms with E-state index in [1.165, 1.54) is 18.0 Å². The van der Waals surface area contributed by atoms with E-state index in [4.69, 9.17) is 16.9 Å². The molecule has 124 valence electrons. The predicted octanol–water partition coefficient (Wildman–Crippen LogP) is 3.32. The molecule has 0 saturated heterocycles. The number of carbonyl (C=O) groups excluding carboxylic acids is 1. The van der Waals surface area contributed by atoms with Gasteiger partial charge in [0.25, 0.3) is 5.03 Å². The van der Waals surface area contributed by atoms with Crippen molar-refractivity contribution in [3.63, 3.8) is 0 Å². The summed E-state index contributed by atoms with van der Waals surface area (Å²) in [6, 6.07) is 12.4. The number of rotatable bonds is 6. The highest BCUT2D eigenvalue weighted by Gasteiger charge is 2.18. The van der Waals surface area contributed by atoms with Crippen molar-refractivity contribution in [2.45, 2.75) is 18.4 Å². The van der Waals surface area contributed by atoms with Crippen LogP contribution < -0.4 is 9.63 Å². The Bertz CT molecular complexity index is 777. The van der Waals surface area contributed by atoms with E-state index >= 15 is 0 Å². The molecule has 0 spiro atoms. The highest BCUT2D eigenvalue weighted by molar-refractivity contribution is 7.99. The van der Waals surface area contributed by atoms with Crippen molar-refractivity contribution < 1.29 is 9.52 Å². The minimum atomic E-state index is -0.166. The largest absolute Gasteiger partial charge is 0.618 e. The lowest BCUT2D eigenvalue weighted by Crippen LogP contribution is -2.34. The molecule has 1 heterocycles. The van der Waals surface area contributed by atoms with Gasteiger partial charge in [-0.3, -0.25) is 4.79 Å². The summed E-state index contributed by atoms with van der Waals surface area (Å²) < 4.78 is 0.726. The van der Waals surface area contributed by atoms with Gasteiger partial charge in [0.2, 0.25) is 5.91 Å². The van der Waals surface area contributed by atoms with Crippen molar-refractivity contribution in [2.75, 3.05) is 17.2 Å². The number of halogens is 1. The van der Waals surface area contributed by atoms with Crippen LogP contribution in [0.25, 0.3) is 0 Å². The van der Waals surface area contributed by atoms with Gasteiger partial charge in [-0.05, 0) is 48.5 Å². The number of aromatic nitrogens is 1. The van der Waals surface area contributed by atoms with Gasteiger partial charge in [0.1, 0.15) is 0 Å². The number of thioether (sulfide) groups is 1. The Morgan fingerprint density at radius 2 is 2.21 bits per heavy atom. The number of nitrogens with zero attached hydrogens (tertiary/aromatic N) is 3. The molecule has 7 heteroatoms. The zero-order chi connectivity index (χ0) is 17.5. The summed E-state index contributed by atoms with van der Waals surface area (Å²) in [5.41, 5.74) is 1.55. The lowest BCUT2D eigenvalue weighted by atomic mass is 10.2. The van der Waals surface area contributed by atoms with Crippen LogP contribution in [0.4, 0.5) is 5.69 Å². The summed E-state index contributed by atoms with van der Waals surface area (Å²) in [5.74, 6) is -0.0554. The number of hydrogen-bond donors (Lipinski definition) is 0. The highest BCUT2D eigenvalue weighted by Crippen LogP contribution is 2.24. The molecule has 0 aliphatic carbocycles. The van der Waals surface area contributed by atoms with Gasteiger partial charge in [-0.1, -0.05) is 11.6 Å². The standard InChI is InChI=1S/C17H16ClN3O2S/c1-13-11-14(6-7-15(13)18)20(9-4-8-19)16(22)12-24-17-5-2-3-10-21(17)23/h2-3,5-7,10-11H,4,9,12H2,1H3. The lowest BCUT2D eigenvalue weighted by molar-refractivity contribution is -0.645. The average Bonchev–Trinajstić information content (AvgIpc) is 2.57. The maximum atomic E-state index is 12.6. The van der Waals surface area contributed by atoms with Gasteiger partial charge >= 0.3 is 0 Å². The quantitative estimate of drug-likeness (QED) is 0.449. The summed E-state index contributed by atoms with van der Waals surface area (Å²) in [4.78, 5) is 14.1. The highest BCUT2D eigenvalue weighted by atomic mass is 35.5. The summed E-state index contributed by atoms with van der Waals surface area (Å²) in [5, 5.41) is 21.5. The second kappa shape index (κ2) is 8.57. The van der Waals surface area contributed by atoms with E-state index in [9.17, 15) is 10.0 Å². The first-order chi connectivity index (χ1) is 11.5. The van der Waals surface area contributed by atoms with E-state index in [1.54, 1.807) is 35.2 Å². The maximum absolute atomic E-state index is 12.6. The number of amides is 1. The number of anilines is 1. The monoisotopic (exact) mass is 361 g/mol. The third-order valence-corrected chi connectivity index (χ3v) is 4.76. The van der Waals surface area contributed by atoms with Gasteiger partial charge < -0.3 is 10.1 Å². The van der Waals surface area contributed by atoms with E-state index in [2.05, 4.69) is 6.07 Å². The van der Waals surface area contributed by atoms with Gasteiger partial charge in [0.05, 0.1) is 18.2 Å². The Morgan fingerprint density at radius 1 is 1.42 bits per heavy atom. The van der Waals surface area contributed by atoms with Crippen LogP contribution >= 0.6 is 23.4 Å². The molecule has 0 N–H and O–H groups in total. The maximum Gasteiger partial charge on any atom is 0.251 e. The van der Waals surface area contributed by atoms with E-state index < -0.39 is 0 Å². The number of carbonyl (C=O) groups is 1. The van der Waals surface area contributed by atoms with Gasteiger partial charge in [0.15, 0.2) is 6.20 Å². The molecule has 24 heavy (non-hydrogen) atoms. The van der Waals surface area contributed by atoms with Crippen LogP contribution in [-0.4, -0.2) is 18.2 Å². The topological polar surface area (TPSA) is 71.0 Å². The number of aryl methyl sites for hydroxylation is 1. The molecular formula is C17H16ClN3O2S. The Morgan fingerprint density at radius 3 is 2.88 bits per heavy atom. The van der Waals surface area contributed by atoms with Gasteiger partial charge in [-0.2, -0.15) is 9.99 Å². The van der Waals surface area contributed by atoms with Crippen LogP contribution in [0.1, 0.15) is 12.0 Å². The van der Waals surface area contributed by atoms with Gasteiger partial charge in [-0.15, -0.1) is 0 Å². The normalized spacial score (nSPS) is 10.2. The van der Waals surface area contributed by atoms with E-state index in [-0.39, 0.29) is 18.1 Å². The Balaban J connectivity index is 2.14. The third-order valence-electron chi connectivity index (χ3n) is 3.33. The van der Waals surface area contributed by atoms with Crippen LogP contribution in [0.2, 0.25) is 5.02 Å². The summed E-state index contributed by atoms with van der Waals surface area (Å²) in [6.45, 7) is 2.15. The van der Waals surface area contributed by atoms with Crippen LogP contribution in [0.15, 0.2) is 47.6 Å². The minimum Gasteiger partial charge on any atom is -0.618 e. The van der Waals surface area contributed by atoms with E-state index in [1.807, 2.05) is 13.0 Å². The summed E-state index contributed by atoms with van der Waals surface area (Å²) >= 11 is 7.20. The Kier molecular flexibility index (Phi) is 6.47. The first-order valence-electron chi connectivity index (χ1n) is 7.27. The molecule has 2 aromatic rings. The zero-order valence-electron chi connectivity index (χ0n) is 13.1. The fourth-order valence-corrected chi connectivity index (χ4v) is 3.00. The molecule has 0 aliphatic heterocycles. The van der Waals surface area contributed by atoms with Crippen LogP contribution in [-0.2, 0) is 4.79 Å². The molecule has 0 unspecified atom stereocenters. The molecular weight excluding hydrogens is 346 g/mol. The molecule has 2 rings (SSSR count). The first kappa shape index (κ1) is 18.1. The number of benzene rings is 1. The smallest absolute Gasteiger partial charge is 0.251 e. The van der Waals surface area contributed by atoms with E-state index in [0.717, 1.165) is 10.3 Å². The predicted molar refractivity (Wildman–Crippen MR) is 94.9 cm³/mol. The summed E-state index contributed by atoms with van der Waals surface area (Å²) in [7, 11) is 0. The van der Waals surface area contributed by atoms with Crippen molar-refractivity contribution in [3.05, 3.63) is 58.4 Å². The number of nitriles is 1. The average molecular weight is 362 g/mol. The fraction of sp³-hybridized carbons (Fsp3) is 0.235. The molecule has 5 nitrogen and oxygen atoms in total.